The second kappa shape index (κ2) is 9.51. The van der Waals surface area contributed by atoms with Gasteiger partial charge in [-0.25, -0.2) is 15.0 Å². The van der Waals surface area contributed by atoms with E-state index >= 15 is 0 Å². The first-order valence-corrected chi connectivity index (χ1v) is 15.2. The molecule has 0 aromatic carbocycles. The number of aliphatic hydroxyl groups is 1. The zero-order valence-electron chi connectivity index (χ0n) is 25.6. The maximum absolute atomic E-state index is 12.2. The van der Waals surface area contributed by atoms with Gasteiger partial charge in [-0.15, -0.1) is 0 Å². The third-order valence-corrected chi connectivity index (χ3v) is 10.3. The van der Waals surface area contributed by atoms with Crippen LogP contribution >= 0.6 is 0 Å². The number of nitrogens with one attached hydrogen (secondary N) is 1. The topological polar surface area (TPSA) is 95.6 Å². The number of carbonyl (C=O) groups is 1. The Morgan fingerprint density at radius 2 is 1.67 bits per heavy atom. The van der Waals surface area contributed by atoms with E-state index in [2.05, 4.69) is 46.9 Å². The van der Waals surface area contributed by atoms with Crippen LogP contribution in [0.3, 0.4) is 0 Å². The van der Waals surface area contributed by atoms with E-state index in [-0.39, 0.29) is 17.8 Å². The van der Waals surface area contributed by atoms with E-state index in [4.69, 9.17) is 19.7 Å². The summed E-state index contributed by atoms with van der Waals surface area (Å²) in [5.74, 6) is 0.313. The van der Waals surface area contributed by atoms with Crippen LogP contribution in [0, 0.1) is 11.8 Å². The molecule has 0 saturated carbocycles. The number of esters is 1. The lowest BCUT2D eigenvalue weighted by atomic mass is 9.85. The third-order valence-electron chi connectivity index (χ3n) is 10.3. The van der Waals surface area contributed by atoms with Crippen molar-refractivity contribution in [2.24, 2.45) is 26.8 Å². The number of ether oxygens (including phenoxy) is 1. The van der Waals surface area contributed by atoms with E-state index < -0.39 is 0 Å². The Morgan fingerprint density at radius 3 is 2.40 bits per heavy atom. The molecular formula is C35H38N4O3. The van der Waals surface area contributed by atoms with Crippen molar-refractivity contribution in [2.75, 3.05) is 7.11 Å². The lowest BCUT2D eigenvalue weighted by molar-refractivity contribution is -0.140. The molecule has 0 radical (unpaired) electrons. The largest absolute Gasteiger partial charge is 0.511 e. The minimum atomic E-state index is -0.212. The van der Waals surface area contributed by atoms with E-state index in [1.165, 1.54) is 35.0 Å². The van der Waals surface area contributed by atoms with Gasteiger partial charge in [0.15, 0.2) is 0 Å². The number of rotatable bonds is 4. The summed E-state index contributed by atoms with van der Waals surface area (Å²) in [4.78, 5) is 28.0. The summed E-state index contributed by atoms with van der Waals surface area (Å²) in [6.45, 7) is 13.1. The maximum atomic E-state index is 12.2. The van der Waals surface area contributed by atoms with Crippen molar-refractivity contribution in [3.8, 4) is 0 Å². The van der Waals surface area contributed by atoms with Gasteiger partial charge in [0.1, 0.15) is 5.76 Å². The van der Waals surface area contributed by atoms with Crippen molar-refractivity contribution in [3.63, 3.8) is 0 Å². The molecule has 5 aliphatic heterocycles. The Balaban J connectivity index is 1.50. The monoisotopic (exact) mass is 562 g/mol. The number of hydrogen-bond donors (Lipinski definition) is 2. The Hall–Kier alpha value is -4.00. The molecule has 7 heteroatoms. The summed E-state index contributed by atoms with van der Waals surface area (Å²) >= 11 is 0. The van der Waals surface area contributed by atoms with Crippen LogP contribution in [0.15, 0.2) is 105 Å². The molecule has 2 N–H and O–H groups in total. The van der Waals surface area contributed by atoms with Gasteiger partial charge in [-0.1, -0.05) is 13.8 Å². The summed E-state index contributed by atoms with van der Waals surface area (Å²) in [7, 11) is 1.44. The molecule has 0 aromatic rings. The molecule has 7 nitrogen and oxygen atoms in total. The van der Waals surface area contributed by atoms with Gasteiger partial charge >= 0.3 is 5.97 Å². The number of carbonyl (C=O) groups excluding carboxylic acids is 1. The summed E-state index contributed by atoms with van der Waals surface area (Å²) in [6.07, 6.45) is 6.22. The van der Waals surface area contributed by atoms with Crippen molar-refractivity contribution in [2.45, 2.75) is 80.1 Å². The molecule has 7 rings (SSSR count). The predicted molar refractivity (Wildman–Crippen MR) is 166 cm³/mol. The molecule has 0 amide bonds. The highest BCUT2D eigenvalue weighted by Gasteiger charge is 2.42. The summed E-state index contributed by atoms with van der Waals surface area (Å²) in [5, 5.41) is 15.0. The average Bonchev–Trinajstić information content (AvgIpc) is 3.80. The molecule has 1 fully saturated rings. The van der Waals surface area contributed by atoms with Crippen LogP contribution < -0.4 is 5.32 Å². The molecule has 2 aliphatic carbocycles. The zero-order chi connectivity index (χ0) is 29.6. The third kappa shape index (κ3) is 3.64. The van der Waals surface area contributed by atoms with Gasteiger partial charge in [-0.3, -0.25) is 4.79 Å². The fraction of sp³-hybridized carbons (Fsp3) is 0.429. The van der Waals surface area contributed by atoms with Gasteiger partial charge in [0.2, 0.25) is 0 Å². The van der Waals surface area contributed by atoms with E-state index in [0.29, 0.717) is 25.0 Å². The van der Waals surface area contributed by atoms with E-state index in [0.717, 1.165) is 87.2 Å². The Kier molecular flexibility index (Phi) is 6.09. The summed E-state index contributed by atoms with van der Waals surface area (Å²) < 4.78 is 5.01. The zero-order valence-corrected chi connectivity index (χ0v) is 25.6. The molecular weight excluding hydrogens is 524 g/mol. The van der Waals surface area contributed by atoms with Gasteiger partial charge in [-0.2, -0.15) is 0 Å². The maximum Gasteiger partial charge on any atom is 0.305 e. The number of aliphatic hydroxyl groups excluding tert-OH is 1. The van der Waals surface area contributed by atoms with Crippen LogP contribution in [0.2, 0.25) is 0 Å². The fourth-order valence-electron chi connectivity index (χ4n) is 7.91. The first-order chi connectivity index (χ1) is 20.1. The second-order valence-electron chi connectivity index (χ2n) is 12.4. The molecule has 5 heterocycles. The number of nitrogens with zero attached hydrogens (tertiary/aromatic N) is 3. The summed E-state index contributed by atoms with van der Waals surface area (Å²) in [5.41, 5.74) is 18.3. The Morgan fingerprint density at radius 1 is 0.929 bits per heavy atom. The minimum absolute atomic E-state index is 0.0566. The second-order valence-corrected chi connectivity index (χ2v) is 12.4. The molecule has 2 atom stereocenters. The standard InChI is InChI=1S/C35H38N4O3/c1-8-20-15(2)31-23-10-9-21-16(3)29(37-33(21)23)19(6)30-17(4)22(11-12-28(41)42-7)34(38-30)25-14-27(40)24-13-26(36-35(24)25)18(5)32(20)39-31/h13,17,22,38,40H,8-12,14H2,1-7H3/t17-,22-/m0/s1. The van der Waals surface area contributed by atoms with Crippen molar-refractivity contribution >= 4 is 23.1 Å². The molecule has 0 spiro atoms. The van der Waals surface area contributed by atoms with Crippen molar-refractivity contribution < 1.29 is 14.6 Å². The normalized spacial score (nSPS) is 26.3. The fourth-order valence-corrected chi connectivity index (χ4v) is 7.91. The average molecular weight is 563 g/mol. The predicted octanol–water partition coefficient (Wildman–Crippen LogP) is 7.17. The number of allylic oxidation sites excluding steroid dienone is 12. The van der Waals surface area contributed by atoms with Crippen molar-refractivity contribution in [1.29, 1.82) is 0 Å². The lowest BCUT2D eigenvalue weighted by Crippen LogP contribution is -2.16. The molecule has 42 heavy (non-hydrogen) atoms. The van der Waals surface area contributed by atoms with Crippen LogP contribution in [0.25, 0.3) is 0 Å². The summed E-state index contributed by atoms with van der Waals surface area (Å²) in [6, 6.07) is 0. The van der Waals surface area contributed by atoms with Crippen LogP contribution in [-0.4, -0.2) is 35.3 Å². The lowest BCUT2D eigenvalue weighted by Gasteiger charge is -2.17. The first-order valence-electron chi connectivity index (χ1n) is 15.2. The van der Waals surface area contributed by atoms with Gasteiger partial charge < -0.3 is 15.2 Å². The molecule has 0 aromatic heterocycles. The Bertz CT molecular complexity index is 1760. The minimum Gasteiger partial charge on any atom is -0.511 e. The number of methoxy groups -OCH3 is 1. The van der Waals surface area contributed by atoms with Gasteiger partial charge in [0.25, 0.3) is 0 Å². The van der Waals surface area contributed by atoms with Crippen LogP contribution in [0.4, 0.5) is 0 Å². The number of aliphatic imine (C=N–C) groups is 3. The smallest absolute Gasteiger partial charge is 0.305 e. The number of fused-ring (bicyclic) bond motifs is 5. The molecule has 1 saturated heterocycles. The van der Waals surface area contributed by atoms with Crippen molar-refractivity contribution in [1.82, 2.24) is 5.32 Å². The van der Waals surface area contributed by atoms with Crippen molar-refractivity contribution in [3.05, 3.63) is 90.5 Å². The highest BCUT2D eigenvalue weighted by Crippen LogP contribution is 2.48. The van der Waals surface area contributed by atoms with Crippen LogP contribution in [-0.2, 0) is 9.53 Å². The van der Waals surface area contributed by atoms with E-state index in [9.17, 15) is 9.90 Å². The van der Waals surface area contributed by atoms with Gasteiger partial charge in [0, 0.05) is 58.4 Å². The molecule has 216 valence electrons. The van der Waals surface area contributed by atoms with Gasteiger partial charge in [0.05, 0.1) is 41.3 Å². The highest BCUT2D eigenvalue weighted by molar-refractivity contribution is 6.22. The highest BCUT2D eigenvalue weighted by atomic mass is 16.5. The molecule has 8 bridgehead atoms. The van der Waals surface area contributed by atoms with Crippen LogP contribution in [0.1, 0.15) is 80.1 Å². The first kappa shape index (κ1) is 26.9. The SMILES string of the molecule is CCC1=C(C)C2=NC1=C(C)C1=CC3=C(O)CC(=C4NC(=C(C)C5=NC6=C2CCC6=C5C)[C@@H](C)[C@@H]4CCC(=O)OC)C3=N1. The Labute approximate surface area is 247 Å². The van der Waals surface area contributed by atoms with Crippen LogP contribution in [0.5, 0.6) is 0 Å². The van der Waals surface area contributed by atoms with E-state index in [1.807, 2.05) is 6.08 Å². The molecule has 7 aliphatic rings. The quantitative estimate of drug-likeness (QED) is 0.355. The van der Waals surface area contributed by atoms with Gasteiger partial charge in [-0.05, 0) is 87.3 Å². The molecule has 0 unspecified atom stereocenters. The number of hydrogen-bond acceptors (Lipinski definition) is 7. The van der Waals surface area contributed by atoms with E-state index in [1.54, 1.807) is 0 Å².